The van der Waals surface area contributed by atoms with Crippen molar-refractivity contribution in [2.45, 2.75) is 0 Å². The molecule has 2 aromatic rings. The lowest BCUT2D eigenvalue weighted by molar-refractivity contribution is -0.380. The lowest BCUT2D eigenvalue weighted by Gasteiger charge is -2.35. The number of hydrogen-bond donors (Lipinski definition) is 1. The number of phenols is 1. The van der Waals surface area contributed by atoms with Gasteiger partial charge in [0.2, 0.25) is 0 Å². The summed E-state index contributed by atoms with van der Waals surface area (Å²) in [6, 6.07) is 9.84. The van der Waals surface area contributed by atoms with E-state index in [1.165, 1.54) is 12.1 Å². The molecular weight excluding hydrogens is 318 g/mol. The Balaban J connectivity index is 1.62. The van der Waals surface area contributed by atoms with Crippen molar-refractivity contribution in [2.24, 2.45) is 0 Å². The molecule has 1 aromatic carbocycles. The Labute approximate surface area is 136 Å². The highest BCUT2D eigenvalue weighted by Crippen LogP contribution is 2.26. The molecule has 0 aliphatic carbocycles. The first kappa shape index (κ1) is 15.3. The SMILES string of the molecule is O=C(c1ccc([N+](=O)[O-])s1)N1CCN(c2ccc(O)cc2)CC1. The molecular formula is C15H15N3O4S. The minimum absolute atomic E-state index is 0.0175. The van der Waals surface area contributed by atoms with Crippen LogP contribution in [0.25, 0.3) is 0 Å². The lowest BCUT2D eigenvalue weighted by Crippen LogP contribution is -2.48. The molecule has 2 heterocycles. The summed E-state index contributed by atoms with van der Waals surface area (Å²) in [6.07, 6.45) is 0. The maximum Gasteiger partial charge on any atom is 0.324 e. The zero-order chi connectivity index (χ0) is 16.4. The molecule has 1 aliphatic rings. The van der Waals surface area contributed by atoms with Crippen molar-refractivity contribution in [1.82, 2.24) is 4.90 Å². The molecule has 0 atom stereocenters. The van der Waals surface area contributed by atoms with Crippen LogP contribution in [0.4, 0.5) is 10.7 Å². The molecule has 3 rings (SSSR count). The molecule has 23 heavy (non-hydrogen) atoms. The zero-order valence-electron chi connectivity index (χ0n) is 12.2. The van der Waals surface area contributed by atoms with Crippen LogP contribution >= 0.6 is 11.3 Å². The van der Waals surface area contributed by atoms with E-state index in [0.717, 1.165) is 17.0 Å². The quantitative estimate of drug-likeness (QED) is 0.688. The van der Waals surface area contributed by atoms with Gasteiger partial charge in [0.25, 0.3) is 5.91 Å². The molecule has 8 heteroatoms. The Morgan fingerprint density at radius 3 is 2.30 bits per heavy atom. The molecule has 7 nitrogen and oxygen atoms in total. The van der Waals surface area contributed by atoms with Crippen LogP contribution in [-0.4, -0.2) is 47.0 Å². The average molecular weight is 333 g/mol. The van der Waals surface area contributed by atoms with Gasteiger partial charge >= 0.3 is 5.00 Å². The average Bonchev–Trinajstić information content (AvgIpc) is 3.05. The zero-order valence-corrected chi connectivity index (χ0v) is 13.0. The van der Waals surface area contributed by atoms with E-state index in [2.05, 4.69) is 4.90 Å². The first-order valence-corrected chi connectivity index (χ1v) is 7.94. The second kappa shape index (κ2) is 6.25. The predicted octanol–water partition coefficient (Wildman–Crippen LogP) is 2.32. The molecule has 0 saturated carbocycles. The molecule has 0 radical (unpaired) electrons. The third kappa shape index (κ3) is 3.26. The number of anilines is 1. The van der Waals surface area contributed by atoms with Crippen LogP contribution in [0, 0.1) is 10.1 Å². The highest BCUT2D eigenvalue weighted by Gasteiger charge is 2.24. The fourth-order valence-corrected chi connectivity index (χ4v) is 3.32. The van der Waals surface area contributed by atoms with Gasteiger partial charge < -0.3 is 14.9 Å². The maximum atomic E-state index is 12.4. The van der Waals surface area contributed by atoms with Gasteiger partial charge in [-0.15, -0.1) is 0 Å². The van der Waals surface area contributed by atoms with Gasteiger partial charge in [-0.1, -0.05) is 11.3 Å². The third-order valence-corrected chi connectivity index (χ3v) is 4.79. The van der Waals surface area contributed by atoms with Gasteiger partial charge in [-0.05, 0) is 30.3 Å². The third-order valence-electron chi connectivity index (χ3n) is 3.76. The second-order valence-corrected chi connectivity index (χ2v) is 6.25. The fourth-order valence-electron chi connectivity index (χ4n) is 2.53. The minimum atomic E-state index is -0.482. The van der Waals surface area contributed by atoms with Crippen molar-refractivity contribution in [3.8, 4) is 5.75 Å². The monoisotopic (exact) mass is 333 g/mol. The Morgan fingerprint density at radius 1 is 1.09 bits per heavy atom. The van der Waals surface area contributed by atoms with Crippen LogP contribution in [0.2, 0.25) is 0 Å². The number of nitrogens with zero attached hydrogens (tertiary/aromatic N) is 3. The van der Waals surface area contributed by atoms with E-state index in [1.54, 1.807) is 17.0 Å². The summed E-state index contributed by atoms with van der Waals surface area (Å²) in [4.78, 5) is 26.9. The van der Waals surface area contributed by atoms with E-state index in [-0.39, 0.29) is 16.7 Å². The Hall–Kier alpha value is -2.61. The minimum Gasteiger partial charge on any atom is -0.508 e. The molecule has 120 valence electrons. The molecule has 1 aromatic heterocycles. The van der Waals surface area contributed by atoms with Gasteiger partial charge in [0.15, 0.2) is 0 Å². The normalized spacial score (nSPS) is 14.8. The smallest absolute Gasteiger partial charge is 0.324 e. The number of carbonyl (C=O) groups is 1. The Bertz CT molecular complexity index is 721. The topological polar surface area (TPSA) is 86.9 Å². The molecule has 1 amide bonds. The summed E-state index contributed by atoms with van der Waals surface area (Å²) in [7, 11) is 0. The van der Waals surface area contributed by atoms with E-state index in [1.807, 2.05) is 12.1 Å². The number of aromatic hydroxyl groups is 1. The lowest BCUT2D eigenvalue weighted by atomic mass is 10.2. The van der Waals surface area contributed by atoms with E-state index < -0.39 is 4.92 Å². The van der Waals surface area contributed by atoms with Crippen molar-refractivity contribution in [3.05, 3.63) is 51.4 Å². The predicted molar refractivity (Wildman–Crippen MR) is 87.2 cm³/mol. The van der Waals surface area contributed by atoms with Gasteiger partial charge in [-0.25, -0.2) is 0 Å². The van der Waals surface area contributed by atoms with E-state index in [9.17, 15) is 20.0 Å². The van der Waals surface area contributed by atoms with Gasteiger partial charge in [-0.3, -0.25) is 14.9 Å². The molecule has 1 fully saturated rings. The van der Waals surface area contributed by atoms with Crippen LogP contribution in [0.3, 0.4) is 0 Å². The second-order valence-electron chi connectivity index (χ2n) is 5.19. The maximum absolute atomic E-state index is 12.4. The summed E-state index contributed by atoms with van der Waals surface area (Å²) >= 11 is 0.910. The molecule has 1 N–H and O–H groups in total. The van der Waals surface area contributed by atoms with Gasteiger partial charge in [-0.2, -0.15) is 0 Å². The number of carbonyl (C=O) groups excluding carboxylic acids is 1. The number of phenolic OH excluding ortho intramolecular Hbond substituents is 1. The number of rotatable bonds is 3. The highest BCUT2D eigenvalue weighted by molar-refractivity contribution is 7.17. The van der Waals surface area contributed by atoms with Crippen LogP contribution in [0.5, 0.6) is 5.75 Å². The summed E-state index contributed by atoms with van der Waals surface area (Å²) in [5.74, 6) is 0.0651. The summed E-state index contributed by atoms with van der Waals surface area (Å²) in [6.45, 7) is 2.49. The highest BCUT2D eigenvalue weighted by atomic mass is 32.1. The van der Waals surface area contributed by atoms with Crippen LogP contribution in [0.1, 0.15) is 9.67 Å². The van der Waals surface area contributed by atoms with Crippen LogP contribution in [0.15, 0.2) is 36.4 Å². The van der Waals surface area contributed by atoms with Crippen molar-refractivity contribution < 1.29 is 14.8 Å². The number of benzene rings is 1. The van der Waals surface area contributed by atoms with Crippen molar-refractivity contribution in [1.29, 1.82) is 0 Å². The molecule has 1 saturated heterocycles. The summed E-state index contributed by atoms with van der Waals surface area (Å²) < 4.78 is 0. The number of amides is 1. The number of hydrogen-bond acceptors (Lipinski definition) is 6. The number of thiophene rings is 1. The van der Waals surface area contributed by atoms with Gasteiger partial charge in [0.05, 0.1) is 9.80 Å². The van der Waals surface area contributed by atoms with E-state index in [0.29, 0.717) is 31.1 Å². The number of nitro groups is 1. The Kier molecular flexibility index (Phi) is 4.16. The number of piperazine rings is 1. The molecule has 0 unspecified atom stereocenters. The largest absolute Gasteiger partial charge is 0.508 e. The van der Waals surface area contributed by atoms with Crippen LogP contribution < -0.4 is 4.90 Å². The van der Waals surface area contributed by atoms with Crippen molar-refractivity contribution in [2.75, 3.05) is 31.1 Å². The van der Waals surface area contributed by atoms with E-state index >= 15 is 0 Å². The van der Waals surface area contributed by atoms with Crippen molar-refractivity contribution in [3.63, 3.8) is 0 Å². The summed E-state index contributed by atoms with van der Waals surface area (Å²) in [5.41, 5.74) is 1.00. The standard InChI is InChI=1S/C15H15N3O4S/c19-12-3-1-11(2-4-12)16-7-9-17(10-8-16)15(20)13-5-6-14(23-13)18(21)22/h1-6,19H,7-10H2. The van der Waals surface area contributed by atoms with E-state index in [4.69, 9.17) is 0 Å². The van der Waals surface area contributed by atoms with Gasteiger partial charge in [0, 0.05) is 37.9 Å². The van der Waals surface area contributed by atoms with Gasteiger partial charge in [0.1, 0.15) is 5.75 Å². The Morgan fingerprint density at radius 2 is 1.74 bits per heavy atom. The first-order valence-electron chi connectivity index (χ1n) is 7.12. The first-order chi connectivity index (χ1) is 11.0. The molecule has 1 aliphatic heterocycles. The fraction of sp³-hybridized carbons (Fsp3) is 0.267. The van der Waals surface area contributed by atoms with Crippen molar-refractivity contribution >= 4 is 27.9 Å². The molecule has 0 spiro atoms. The van der Waals surface area contributed by atoms with Crippen LogP contribution in [-0.2, 0) is 0 Å². The molecule has 0 bridgehead atoms. The summed E-state index contributed by atoms with van der Waals surface area (Å²) in [5, 5.41) is 20.0.